The summed E-state index contributed by atoms with van der Waals surface area (Å²) in [5.74, 6) is 0. The highest BCUT2D eigenvalue weighted by Crippen LogP contribution is 2.65. The van der Waals surface area contributed by atoms with Crippen molar-refractivity contribution < 1.29 is 0 Å². The summed E-state index contributed by atoms with van der Waals surface area (Å²) in [6.45, 7) is 4.82. The molecule has 3 aliphatic rings. The first-order chi connectivity index (χ1) is 34.0. The zero-order chi connectivity index (χ0) is 45.8. The van der Waals surface area contributed by atoms with Crippen LogP contribution in [0.25, 0.3) is 77.5 Å². The fraction of sp³-hybridized carbons (Fsp3) is 0.0588. The van der Waals surface area contributed by atoms with Gasteiger partial charge in [-0.3, -0.25) is 0 Å². The highest BCUT2D eigenvalue weighted by Gasteiger charge is 2.52. The molecular formula is C68H47N. The molecule has 3 aliphatic carbocycles. The first-order valence-corrected chi connectivity index (χ1v) is 24.2. The van der Waals surface area contributed by atoms with Gasteiger partial charge in [-0.05, 0) is 153 Å². The minimum absolute atomic E-state index is 0.252. The summed E-state index contributed by atoms with van der Waals surface area (Å²) >= 11 is 0. The van der Waals surface area contributed by atoms with Gasteiger partial charge >= 0.3 is 0 Å². The van der Waals surface area contributed by atoms with E-state index in [0.29, 0.717) is 0 Å². The Labute approximate surface area is 404 Å². The predicted molar refractivity (Wildman–Crippen MR) is 289 cm³/mol. The zero-order valence-electron chi connectivity index (χ0n) is 38.6. The number of nitrogens with zero attached hydrogens (tertiary/aromatic N) is 1. The van der Waals surface area contributed by atoms with Crippen LogP contribution in [0.3, 0.4) is 0 Å². The van der Waals surface area contributed by atoms with Crippen LogP contribution in [0.4, 0.5) is 17.1 Å². The fourth-order valence-corrected chi connectivity index (χ4v) is 12.5. The van der Waals surface area contributed by atoms with Gasteiger partial charge < -0.3 is 4.90 Å². The number of benzene rings is 11. The van der Waals surface area contributed by atoms with Crippen molar-refractivity contribution >= 4 is 27.8 Å². The average molecular weight is 878 g/mol. The summed E-state index contributed by atoms with van der Waals surface area (Å²) in [7, 11) is 0. The molecule has 11 aromatic carbocycles. The predicted octanol–water partition coefficient (Wildman–Crippen LogP) is 18.0. The van der Waals surface area contributed by atoms with Gasteiger partial charge in [-0.15, -0.1) is 0 Å². The Bertz CT molecular complexity index is 3760. The highest BCUT2D eigenvalue weighted by molar-refractivity contribution is 6.07. The van der Waals surface area contributed by atoms with Crippen molar-refractivity contribution in [3.05, 3.63) is 282 Å². The van der Waals surface area contributed by atoms with Gasteiger partial charge in [0.15, 0.2) is 0 Å². The normalized spacial score (nSPS) is 15.3. The Kier molecular flexibility index (Phi) is 8.61. The molecule has 0 fully saturated rings. The van der Waals surface area contributed by atoms with E-state index in [1.165, 1.54) is 111 Å². The Morgan fingerprint density at radius 1 is 0.275 bits per heavy atom. The van der Waals surface area contributed by atoms with E-state index in [0.717, 1.165) is 17.1 Å². The van der Waals surface area contributed by atoms with Crippen molar-refractivity contribution in [3.8, 4) is 66.8 Å². The third kappa shape index (κ3) is 5.71. The fourth-order valence-electron chi connectivity index (χ4n) is 12.5. The first kappa shape index (κ1) is 39.6. The van der Waals surface area contributed by atoms with Crippen LogP contribution in [0.5, 0.6) is 0 Å². The van der Waals surface area contributed by atoms with Crippen molar-refractivity contribution in [2.75, 3.05) is 4.90 Å². The number of fused-ring (bicyclic) bond motifs is 15. The molecule has 0 bridgehead atoms. The largest absolute Gasteiger partial charge is 0.310 e. The lowest BCUT2D eigenvalue weighted by Gasteiger charge is -2.30. The summed E-state index contributed by atoms with van der Waals surface area (Å²) in [4.78, 5) is 2.41. The van der Waals surface area contributed by atoms with E-state index in [1.54, 1.807) is 0 Å². The quantitative estimate of drug-likeness (QED) is 0.161. The number of anilines is 3. The summed E-state index contributed by atoms with van der Waals surface area (Å²) < 4.78 is 0. The van der Waals surface area contributed by atoms with Crippen molar-refractivity contribution in [1.82, 2.24) is 0 Å². The van der Waals surface area contributed by atoms with Crippen LogP contribution in [0.15, 0.2) is 249 Å². The minimum atomic E-state index is -0.420. The number of rotatable bonds is 6. The molecule has 0 saturated carbocycles. The molecule has 1 heteroatoms. The van der Waals surface area contributed by atoms with Gasteiger partial charge in [0.2, 0.25) is 0 Å². The van der Waals surface area contributed by atoms with Crippen LogP contribution in [0, 0.1) is 0 Å². The van der Waals surface area contributed by atoms with E-state index in [2.05, 4.69) is 267 Å². The highest BCUT2D eigenvalue weighted by atomic mass is 15.1. The minimum Gasteiger partial charge on any atom is -0.310 e. The molecule has 14 rings (SSSR count). The molecule has 69 heavy (non-hydrogen) atoms. The van der Waals surface area contributed by atoms with Crippen molar-refractivity contribution in [2.45, 2.75) is 24.7 Å². The number of hydrogen-bond donors (Lipinski definition) is 0. The smallest absolute Gasteiger partial charge is 0.0725 e. The molecule has 0 saturated heterocycles. The summed E-state index contributed by atoms with van der Waals surface area (Å²) in [6, 6.07) is 92.8. The molecular weight excluding hydrogens is 831 g/mol. The molecule has 0 amide bonds. The zero-order valence-corrected chi connectivity index (χ0v) is 38.6. The van der Waals surface area contributed by atoms with Gasteiger partial charge in [-0.1, -0.05) is 220 Å². The Morgan fingerprint density at radius 3 is 1.39 bits per heavy atom. The van der Waals surface area contributed by atoms with Crippen LogP contribution >= 0.6 is 0 Å². The van der Waals surface area contributed by atoms with Crippen LogP contribution in [0.2, 0.25) is 0 Å². The average Bonchev–Trinajstić information content (AvgIpc) is 3.98. The molecule has 1 nitrogen and oxygen atoms in total. The molecule has 1 atom stereocenters. The monoisotopic (exact) mass is 877 g/mol. The van der Waals surface area contributed by atoms with Crippen LogP contribution < -0.4 is 4.90 Å². The third-order valence-electron chi connectivity index (χ3n) is 15.7. The summed E-state index contributed by atoms with van der Waals surface area (Å²) in [5, 5.41) is 2.59. The molecule has 0 heterocycles. The van der Waals surface area contributed by atoms with E-state index in [4.69, 9.17) is 0 Å². The van der Waals surface area contributed by atoms with Gasteiger partial charge in [0.05, 0.1) is 5.41 Å². The maximum absolute atomic E-state index is 2.50. The topological polar surface area (TPSA) is 3.24 Å². The summed E-state index contributed by atoms with van der Waals surface area (Å²) in [5.41, 5.74) is 26.2. The van der Waals surface area contributed by atoms with Crippen molar-refractivity contribution in [2.24, 2.45) is 0 Å². The van der Waals surface area contributed by atoms with Crippen LogP contribution in [0.1, 0.15) is 47.2 Å². The summed E-state index contributed by atoms with van der Waals surface area (Å²) in [6.07, 6.45) is 0. The van der Waals surface area contributed by atoms with Gasteiger partial charge in [0, 0.05) is 22.5 Å². The Balaban J connectivity index is 0.889. The third-order valence-corrected chi connectivity index (χ3v) is 15.7. The van der Waals surface area contributed by atoms with E-state index >= 15 is 0 Å². The van der Waals surface area contributed by atoms with Gasteiger partial charge in [0.25, 0.3) is 0 Å². The van der Waals surface area contributed by atoms with E-state index in [1.807, 2.05) is 0 Å². The Hall–Kier alpha value is -8.52. The van der Waals surface area contributed by atoms with E-state index in [9.17, 15) is 0 Å². The van der Waals surface area contributed by atoms with Gasteiger partial charge in [0.1, 0.15) is 0 Å². The van der Waals surface area contributed by atoms with Crippen molar-refractivity contribution in [3.63, 3.8) is 0 Å². The van der Waals surface area contributed by atoms with Crippen LogP contribution in [-0.4, -0.2) is 0 Å². The molecule has 0 aliphatic heterocycles. The maximum atomic E-state index is 2.50. The maximum Gasteiger partial charge on any atom is 0.0725 e. The standard InChI is InChI=1S/C68H47N/c1-67(2)63-42-49(54-24-15-27-61-66(54)58-23-12-14-26-60(58)68(61)59-25-13-11-22-57(59)65-53-21-10-9-20-48(53)33-41-62(65)68)32-39-55(63)56-40-38-52(43-64(56)67)69(50-34-28-46(29-35-50)44-16-5-3-6-17-44)51-36-30-47(31-37-51)45-18-7-4-8-19-45/h3-43H,1-2H3. The van der Waals surface area contributed by atoms with Gasteiger partial charge in [-0.25, -0.2) is 0 Å². The number of hydrogen-bond acceptors (Lipinski definition) is 1. The molecule has 11 aromatic rings. The lowest BCUT2D eigenvalue weighted by molar-refractivity contribution is 0.660. The Morgan fingerprint density at radius 2 is 0.739 bits per heavy atom. The van der Waals surface area contributed by atoms with Crippen molar-refractivity contribution in [1.29, 1.82) is 0 Å². The van der Waals surface area contributed by atoms with E-state index < -0.39 is 5.41 Å². The molecule has 324 valence electrons. The first-order valence-electron chi connectivity index (χ1n) is 24.2. The molecule has 1 unspecified atom stereocenters. The second-order valence-electron chi connectivity index (χ2n) is 19.6. The second kappa shape index (κ2) is 15.0. The lowest BCUT2D eigenvalue weighted by atomic mass is 9.70. The second-order valence-corrected chi connectivity index (χ2v) is 19.6. The van der Waals surface area contributed by atoms with Crippen LogP contribution in [-0.2, 0) is 10.8 Å². The SMILES string of the molecule is CC1(C)c2cc(-c3cccc4c3-c3ccccc3C43c4ccccc4-c4c3ccc3ccccc43)ccc2-c2ccc(N(c3ccc(-c4ccccc4)cc3)c3ccc(-c4ccccc4)cc3)cc21. The molecule has 0 N–H and O–H groups in total. The molecule has 0 aromatic heterocycles. The van der Waals surface area contributed by atoms with E-state index in [-0.39, 0.29) is 5.41 Å². The van der Waals surface area contributed by atoms with Gasteiger partial charge in [-0.2, -0.15) is 0 Å². The molecule has 0 radical (unpaired) electrons. The molecule has 1 spiro atoms. The lowest BCUT2D eigenvalue weighted by Crippen LogP contribution is -2.25.